The lowest BCUT2D eigenvalue weighted by Gasteiger charge is -2.08. The normalized spacial score (nSPS) is 15.6. The summed E-state index contributed by atoms with van der Waals surface area (Å²) in [5, 5.41) is 5.67. The van der Waals surface area contributed by atoms with E-state index < -0.39 is 10.0 Å². The fourth-order valence-electron chi connectivity index (χ4n) is 1.58. The molecule has 1 aliphatic rings. The number of hydrogen-bond donors (Lipinski definition) is 2. The molecule has 8 heteroatoms. The molecule has 1 aromatic heterocycles. The Kier molecular flexibility index (Phi) is 4.46. The van der Waals surface area contributed by atoms with Crippen LogP contribution in [0, 0.1) is 0 Å². The van der Waals surface area contributed by atoms with Crippen molar-refractivity contribution in [1.82, 2.24) is 14.9 Å². The zero-order valence-electron chi connectivity index (χ0n) is 11.5. The van der Waals surface area contributed by atoms with Crippen molar-refractivity contribution in [3.8, 4) is 0 Å². The van der Waals surface area contributed by atoms with E-state index >= 15 is 0 Å². The third-order valence-electron chi connectivity index (χ3n) is 2.90. The number of hydrogen-bond acceptors (Lipinski definition) is 5. The smallest absolute Gasteiger partial charge is 0.275 e. The lowest BCUT2D eigenvalue weighted by Crippen LogP contribution is -2.34. The maximum atomic E-state index is 11.8. The van der Waals surface area contributed by atoms with E-state index in [9.17, 15) is 13.2 Å². The summed E-state index contributed by atoms with van der Waals surface area (Å²) in [6.45, 7) is 0.494. The molecule has 0 unspecified atom stereocenters. The van der Waals surface area contributed by atoms with Crippen LogP contribution in [0.3, 0.4) is 0 Å². The minimum Gasteiger partial charge on any atom is -0.447 e. The summed E-state index contributed by atoms with van der Waals surface area (Å²) in [5.74, 6) is 0.421. The van der Waals surface area contributed by atoms with Gasteiger partial charge >= 0.3 is 0 Å². The van der Waals surface area contributed by atoms with Crippen LogP contribution in [0.1, 0.15) is 18.6 Å². The molecule has 0 saturated heterocycles. The Morgan fingerprint density at radius 2 is 2.10 bits per heavy atom. The molecule has 1 aromatic rings. The molecule has 0 aromatic carbocycles. The molecule has 2 N–H and O–H groups in total. The van der Waals surface area contributed by atoms with Crippen molar-refractivity contribution >= 4 is 15.9 Å². The van der Waals surface area contributed by atoms with Crippen LogP contribution in [0.5, 0.6) is 0 Å². The monoisotopic (exact) mass is 301 g/mol. The molecule has 1 saturated carbocycles. The van der Waals surface area contributed by atoms with E-state index in [0.717, 1.165) is 17.1 Å². The number of nitrogens with one attached hydrogen (secondary N) is 2. The molecule has 0 aliphatic heterocycles. The topological polar surface area (TPSA) is 91.7 Å². The molecule has 0 atom stereocenters. The van der Waals surface area contributed by atoms with Gasteiger partial charge in [0.15, 0.2) is 0 Å². The molecule has 1 aliphatic carbocycles. The number of amides is 1. The first-order valence-corrected chi connectivity index (χ1v) is 7.85. The van der Waals surface area contributed by atoms with E-state index in [-0.39, 0.29) is 17.5 Å². The van der Waals surface area contributed by atoms with Crippen molar-refractivity contribution in [3.63, 3.8) is 0 Å². The van der Waals surface area contributed by atoms with Crippen LogP contribution in [-0.2, 0) is 21.4 Å². The molecule has 7 nitrogen and oxygen atoms in total. The molecule has 2 rings (SSSR count). The summed E-state index contributed by atoms with van der Waals surface area (Å²) < 4.78 is 30.0. The number of carbonyl (C=O) groups is 1. The second-order valence-electron chi connectivity index (χ2n) is 4.95. The van der Waals surface area contributed by atoms with Crippen LogP contribution in [-0.4, -0.2) is 45.3 Å². The standard InChI is InChI=1S/C12H19N3O4S/c1-15(2)20(17,18)12-6-5-10(19-12)7-13-8-11(16)14-9-3-4-9/h5-6,9,13H,3-4,7-8H2,1-2H3,(H,14,16). The van der Waals surface area contributed by atoms with Crippen LogP contribution in [0.2, 0.25) is 0 Å². The van der Waals surface area contributed by atoms with Gasteiger partial charge in [-0.15, -0.1) is 0 Å². The van der Waals surface area contributed by atoms with Gasteiger partial charge in [-0.1, -0.05) is 0 Å². The zero-order valence-corrected chi connectivity index (χ0v) is 12.4. The first-order chi connectivity index (χ1) is 9.39. The van der Waals surface area contributed by atoms with Gasteiger partial charge in [0, 0.05) is 20.1 Å². The highest BCUT2D eigenvalue weighted by Gasteiger charge is 2.23. The molecule has 0 spiro atoms. The van der Waals surface area contributed by atoms with E-state index in [1.807, 2.05) is 0 Å². The lowest BCUT2D eigenvalue weighted by atomic mass is 10.4. The summed E-state index contributed by atoms with van der Waals surface area (Å²) in [4.78, 5) is 11.4. The Bertz CT molecular complexity index is 575. The van der Waals surface area contributed by atoms with Gasteiger partial charge in [0.05, 0.1) is 13.1 Å². The van der Waals surface area contributed by atoms with Gasteiger partial charge in [-0.25, -0.2) is 12.7 Å². The minimum atomic E-state index is -3.55. The largest absolute Gasteiger partial charge is 0.447 e. The highest BCUT2D eigenvalue weighted by atomic mass is 32.2. The fourth-order valence-corrected chi connectivity index (χ4v) is 2.39. The maximum absolute atomic E-state index is 11.8. The van der Waals surface area contributed by atoms with Gasteiger partial charge in [0.25, 0.3) is 10.0 Å². The van der Waals surface area contributed by atoms with E-state index in [4.69, 9.17) is 4.42 Å². The minimum absolute atomic E-state index is 0.0554. The SMILES string of the molecule is CN(C)S(=O)(=O)c1ccc(CNCC(=O)NC2CC2)o1. The average Bonchev–Trinajstić information content (AvgIpc) is 3.04. The Morgan fingerprint density at radius 3 is 2.70 bits per heavy atom. The average molecular weight is 301 g/mol. The van der Waals surface area contributed by atoms with Gasteiger partial charge in [-0.3, -0.25) is 4.79 Å². The third kappa shape index (κ3) is 3.81. The molecule has 0 bridgehead atoms. The van der Waals surface area contributed by atoms with Crippen LogP contribution in [0.15, 0.2) is 21.6 Å². The summed E-state index contributed by atoms with van der Waals surface area (Å²) in [5.41, 5.74) is 0. The van der Waals surface area contributed by atoms with Gasteiger partial charge < -0.3 is 15.1 Å². The summed E-state index contributed by atoms with van der Waals surface area (Å²) >= 11 is 0. The zero-order chi connectivity index (χ0) is 14.8. The molecular formula is C12H19N3O4S. The second-order valence-corrected chi connectivity index (χ2v) is 7.04. The molecule has 1 heterocycles. The van der Waals surface area contributed by atoms with E-state index in [1.165, 1.54) is 20.2 Å². The van der Waals surface area contributed by atoms with Crippen molar-refractivity contribution < 1.29 is 17.6 Å². The number of rotatable bonds is 7. The number of furan rings is 1. The van der Waals surface area contributed by atoms with E-state index in [2.05, 4.69) is 10.6 Å². The quantitative estimate of drug-likeness (QED) is 0.734. The first kappa shape index (κ1) is 15.0. The van der Waals surface area contributed by atoms with Gasteiger partial charge in [0.1, 0.15) is 5.76 Å². The van der Waals surface area contributed by atoms with Crippen molar-refractivity contribution in [2.24, 2.45) is 0 Å². The van der Waals surface area contributed by atoms with Crippen LogP contribution >= 0.6 is 0 Å². The van der Waals surface area contributed by atoms with Gasteiger partial charge in [-0.2, -0.15) is 0 Å². The van der Waals surface area contributed by atoms with Gasteiger partial charge in [0.2, 0.25) is 11.0 Å². The number of carbonyl (C=O) groups excluding carboxylic acids is 1. The van der Waals surface area contributed by atoms with Crippen molar-refractivity contribution in [1.29, 1.82) is 0 Å². The van der Waals surface area contributed by atoms with Crippen molar-refractivity contribution in [3.05, 3.63) is 17.9 Å². The molecular weight excluding hydrogens is 282 g/mol. The Morgan fingerprint density at radius 1 is 1.40 bits per heavy atom. The van der Waals surface area contributed by atoms with Crippen molar-refractivity contribution in [2.45, 2.75) is 30.5 Å². The van der Waals surface area contributed by atoms with Crippen molar-refractivity contribution in [2.75, 3.05) is 20.6 Å². The summed E-state index contributed by atoms with van der Waals surface area (Å²) in [6, 6.07) is 3.34. The molecule has 1 amide bonds. The van der Waals surface area contributed by atoms with Gasteiger partial charge in [-0.05, 0) is 25.0 Å². The Labute approximate surface area is 118 Å². The Balaban J connectivity index is 1.82. The van der Waals surface area contributed by atoms with E-state index in [0.29, 0.717) is 18.3 Å². The molecule has 1 fully saturated rings. The summed E-state index contributed by atoms with van der Waals surface area (Å²) in [7, 11) is -0.661. The first-order valence-electron chi connectivity index (χ1n) is 6.41. The lowest BCUT2D eigenvalue weighted by molar-refractivity contribution is -0.120. The second kappa shape index (κ2) is 5.94. The number of sulfonamides is 1. The number of nitrogens with zero attached hydrogens (tertiary/aromatic N) is 1. The predicted octanol–water partition coefficient (Wildman–Crippen LogP) is -0.102. The maximum Gasteiger partial charge on any atom is 0.275 e. The summed E-state index contributed by atoms with van der Waals surface area (Å²) in [6.07, 6.45) is 2.10. The fraction of sp³-hybridized carbons (Fsp3) is 0.583. The highest BCUT2D eigenvalue weighted by Crippen LogP contribution is 2.18. The molecule has 112 valence electrons. The third-order valence-corrected chi connectivity index (χ3v) is 4.59. The predicted molar refractivity (Wildman–Crippen MR) is 72.5 cm³/mol. The van der Waals surface area contributed by atoms with Crippen LogP contribution < -0.4 is 10.6 Å². The molecule has 20 heavy (non-hydrogen) atoms. The van der Waals surface area contributed by atoms with E-state index in [1.54, 1.807) is 6.07 Å². The van der Waals surface area contributed by atoms with Crippen LogP contribution in [0.25, 0.3) is 0 Å². The Hall–Kier alpha value is -1.38. The molecule has 0 radical (unpaired) electrons. The highest BCUT2D eigenvalue weighted by molar-refractivity contribution is 7.88. The van der Waals surface area contributed by atoms with Crippen LogP contribution in [0.4, 0.5) is 0 Å².